The van der Waals surface area contributed by atoms with Crippen LogP contribution in [-0.2, 0) is 0 Å². The van der Waals surface area contributed by atoms with Crippen molar-refractivity contribution in [1.29, 1.82) is 0 Å². The molecule has 0 aliphatic carbocycles. The zero-order valence-electron chi connectivity index (χ0n) is 6.05. The van der Waals surface area contributed by atoms with Gasteiger partial charge in [-0.1, -0.05) is 0 Å². The number of hydrogen-bond acceptors (Lipinski definition) is 2. The van der Waals surface area contributed by atoms with Crippen LogP contribution in [0, 0.1) is 0 Å². The number of likely N-dealkylation sites (N-methyl/N-ethyl adjacent to an activating group) is 1. The summed E-state index contributed by atoms with van der Waals surface area (Å²) in [7, 11) is 4.27. The van der Waals surface area contributed by atoms with E-state index in [4.69, 9.17) is 0 Å². The highest BCUT2D eigenvalue weighted by atomic mass is 35.5. The summed E-state index contributed by atoms with van der Waals surface area (Å²) in [6, 6.07) is 0.787. The minimum absolute atomic E-state index is 0. The molecule has 0 saturated carbocycles. The molecule has 0 amide bonds. The average molecular weight is 151 g/mol. The molecule has 3 heteroatoms. The molecule has 1 unspecified atom stereocenters. The second kappa shape index (κ2) is 4.09. The predicted molar refractivity (Wildman–Crippen MR) is 42.2 cm³/mol. The Morgan fingerprint density at radius 1 is 1.44 bits per heavy atom. The Labute approximate surface area is 63.0 Å². The first kappa shape index (κ1) is 9.21. The van der Waals surface area contributed by atoms with Crippen molar-refractivity contribution in [2.24, 2.45) is 0 Å². The maximum Gasteiger partial charge on any atom is 0.0226 e. The topological polar surface area (TPSA) is 15.3 Å². The first-order valence-corrected chi connectivity index (χ1v) is 3.18. The standard InChI is InChI=1S/C6H14N2.ClH/c1-8(2)6-3-4-7-5-6;/h6-7H,3-5H2,1-2H3;1H. The van der Waals surface area contributed by atoms with E-state index in [-0.39, 0.29) is 12.4 Å². The first-order valence-electron chi connectivity index (χ1n) is 3.18. The Balaban J connectivity index is 0.000000640. The van der Waals surface area contributed by atoms with Crippen molar-refractivity contribution in [3.63, 3.8) is 0 Å². The molecular weight excluding hydrogens is 136 g/mol. The van der Waals surface area contributed by atoms with E-state index < -0.39 is 0 Å². The zero-order valence-corrected chi connectivity index (χ0v) is 6.87. The van der Waals surface area contributed by atoms with Crippen molar-refractivity contribution in [3.8, 4) is 0 Å². The van der Waals surface area contributed by atoms with Crippen LogP contribution >= 0.6 is 12.4 Å². The van der Waals surface area contributed by atoms with Crippen molar-refractivity contribution >= 4 is 12.4 Å². The fourth-order valence-electron chi connectivity index (χ4n) is 1.08. The summed E-state index contributed by atoms with van der Waals surface area (Å²) < 4.78 is 0. The van der Waals surface area contributed by atoms with Crippen LogP contribution in [0.5, 0.6) is 0 Å². The summed E-state index contributed by atoms with van der Waals surface area (Å²) in [4.78, 5) is 2.28. The lowest BCUT2D eigenvalue weighted by atomic mass is 10.2. The molecular formula is C6H15ClN2. The Morgan fingerprint density at radius 2 is 2.11 bits per heavy atom. The molecule has 2 nitrogen and oxygen atoms in total. The highest BCUT2D eigenvalue weighted by Crippen LogP contribution is 2.01. The molecule has 0 aromatic rings. The third-order valence-electron chi connectivity index (χ3n) is 1.76. The lowest BCUT2D eigenvalue weighted by Crippen LogP contribution is -2.29. The van der Waals surface area contributed by atoms with Crippen molar-refractivity contribution < 1.29 is 0 Å². The molecule has 1 N–H and O–H groups in total. The molecule has 56 valence electrons. The molecule has 0 spiro atoms. The fraction of sp³-hybridized carbons (Fsp3) is 1.00. The molecule has 0 bridgehead atoms. The summed E-state index contributed by atoms with van der Waals surface area (Å²) in [6.45, 7) is 2.37. The van der Waals surface area contributed by atoms with E-state index in [2.05, 4.69) is 24.3 Å². The van der Waals surface area contributed by atoms with Crippen LogP contribution in [0.15, 0.2) is 0 Å². The molecule has 1 fully saturated rings. The fourth-order valence-corrected chi connectivity index (χ4v) is 1.08. The lowest BCUT2D eigenvalue weighted by Gasteiger charge is -2.16. The van der Waals surface area contributed by atoms with Crippen LogP contribution in [0.2, 0.25) is 0 Å². The summed E-state index contributed by atoms with van der Waals surface area (Å²) >= 11 is 0. The van der Waals surface area contributed by atoms with Gasteiger partial charge in [-0.15, -0.1) is 12.4 Å². The Morgan fingerprint density at radius 3 is 2.33 bits per heavy atom. The van der Waals surface area contributed by atoms with Crippen molar-refractivity contribution in [2.45, 2.75) is 12.5 Å². The minimum Gasteiger partial charge on any atom is -0.315 e. The van der Waals surface area contributed by atoms with Crippen molar-refractivity contribution in [3.05, 3.63) is 0 Å². The quantitative estimate of drug-likeness (QED) is 0.580. The molecule has 1 aliphatic rings. The molecule has 0 aromatic heterocycles. The summed E-state index contributed by atoms with van der Waals surface area (Å²) in [6.07, 6.45) is 1.31. The van der Waals surface area contributed by atoms with Gasteiger partial charge in [0.15, 0.2) is 0 Å². The second-order valence-electron chi connectivity index (χ2n) is 2.61. The SMILES string of the molecule is CN(C)C1CCNC1.Cl. The van der Waals surface area contributed by atoms with Gasteiger partial charge in [-0.05, 0) is 27.1 Å². The van der Waals surface area contributed by atoms with Gasteiger partial charge in [0.25, 0.3) is 0 Å². The molecule has 0 aromatic carbocycles. The molecule has 1 atom stereocenters. The van der Waals surface area contributed by atoms with E-state index in [1.54, 1.807) is 0 Å². The normalized spacial score (nSPS) is 26.3. The average Bonchev–Trinajstić information content (AvgIpc) is 2.12. The molecule has 1 aliphatic heterocycles. The monoisotopic (exact) mass is 150 g/mol. The van der Waals surface area contributed by atoms with E-state index in [9.17, 15) is 0 Å². The van der Waals surface area contributed by atoms with Crippen LogP contribution in [0.3, 0.4) is 0 Å². The molecule has 1 heterocycles. The third-order valence-corrected chi connectivity index (χ3v) is 1.76. The Hall–Kier alpha value is 0.210. The molecule has 0 radical (unpaired) electrons. The van der Waals surface area contributed by atoms with E-state index in [0.717, 1.165) is 6.04 Å². The van der Waals surface area contributed by atoms with Gasteiger partial charge in [-0.25, -0.2) is 0 Å². The van der Waals surface area contributed by atoms with Crippen LogP contribution < -0.4 is 5.32 Å². The Bertz CT molecular complexity index is 69.5. The largest absolute Gasteiger partial charge is 0.315 e. The van der Waals surface area contributed by atoms with Gasteiger partial charge in [-0.3, -0.25) is 0 Å². The van der Waals surface area contributed by atoms with E-state index in [1.165, 1.54) is 19.5 Å². The summed E-state index contributed by atoms with van der Waals surface area (Å²) in [5.74, 6) is 0. The van der Waals surface area contributed by atoms with Crippen LogP contribution in [-0.4, -0.2) is 38.1 Å². The molecule has 9 heavy (non-hydrogen) atoms. The van der Waals surface area contributed by atoms with Crippen molar-refractivity contribution in [1.82, 2.24) is 10.2 Å². The summed E-state index contributed by atoms with van der Waals surface area (Å²) in [5, 5.41) is 3.31. The summed E-state index contributed by atoms with van der Waals surface area (Å²) in [5.41, 5.74) is 0. The maximum absolute atomic E-state index is 3.31. The van der Waals surface area contributed by atoms with Gasteiger partial charge in [0.1, 0.15) is 0 Å². The number of nitrogens with zero attached hydrogens (tertiary/aromatic N) is 1. The van der Waals surface area contributed by atoms with Gasteiger partial charge < -0.3 is 10.2 Å². The van der Waals surface area contributed by atoms with E-state index in [0.29, 0.717) is 0 Å². The highest BCUT2D eigenvalue weighted by molar-refractivity contribution is 5.85. The zero-order chi connectivity index (χ0) is 5.98. The smallest absolute Gasteiger partial charge is 0.0226 e. The van der Waals surface area contributed by atoms with Crippen LogP contribution in [0.25, 0.3) is 0 Å². The minimum atomic E-state index is 0. The molecule has 1 rings (SSSR count). The van der Waals surface area contributed by atoms with Gasteiger partial charge >= 0.3 is 0 Å². The third kappa shape index (κ3) is 2.52. The second-order valence-corrected chi connectivity index (χ2v) is 2.61. The highest BCUT2D eigenvalue weighted by Gasteiger charge is 2.14. The van der Waals surface area contributed by atoms with Crippen LogP contribution in [0.1, 0.15) is 6.42 Å². The Kier molecular flexibility index (Phi) is 4.19. The maximum atomic E-state index is 3.31. The van der Waals surface area contributed by atoms with E-state index in [1.807, 2.05) is 0 Å². The van der Waals surface area contributed by atoms with Gasteiger partial charge in [0, 0.05) is 12.6 Å². The van der Waals surface area contributed by atoms with Gasteiger partial charge in [0.05, 0.1) is 0 Å². The predicted octanol–water partition coefficient (Wildman–Crippen LogP) is 0.332. The number of nitrogens with one attached hydrogen (secondary N) is 1. The van der Waals surface area contributed by atoms with Gasteiger partial charge in [-0.2, -0.15) is 0 Å². The number of rotatable bonds is 1. The van der Waals surface area contributed by atoms with Crippen molar-refractivity contribution in [2.75, 3.05) is 27.2 Å². The number of halogens is 1. The van der Waals surface area contributed by atoms with Gasteiger partial charge in [0.2, 0.25) is 0 Å². The van der Waals surface area contributed by atoms with E-state index >= 15 is 0 Å². The lowest BCUT2D eigenvalue weighted by molar-refractivity contribution is 0.313. The van der Waals surface area contributed by atoms with Crippen LogP contribution in [0.4, 0.5) is 0 Å². The first-order chi connectivity index (χ1) is 3.80. The molecule has 1 saturated heterocycles. The number of hydrogen-bond donors (Lipinski definition) is 1.